The Bertz CT molecular complexity index is 784. The molecule has 0 aromatic heterocycles. The molecule has 4 aliphatic carbocycles. The van der Waals surface area contributed by atoms with Crippen molar-refractivity contribution in [1.82, 2.24) is 0 Å². The summed E-state index contributed by atoms with van der Waals surface area (Å²) in [6.07, 6.45) is 7.98. The summed E-state index contributed by atoms with van der Waals surface area (Å²) >= 11 is 0. The topological polar surface area (TPSA) is 69.7 Å². The number of esters is 2. The molecule has 0 aromatic rings. The lowest BCUT2D eigenvalue weighted by Gasteiger charge is -2.58. The number of hydrogen-bond acceptors (Lipinski definition) is 5. The van der Waals surface area contributed by atoms with E-state index in [-0.39, 0.29) is 46.5 Å². The van der Waals surface area contributed by atoms with E-state index in [2.05, 4.69) is 20.8 Å². The van der Waals surface area contributed by atoms with E-state index >= 15 is 0 Å². The van der Waals surface area contributed by atoms with Gasteiger partial charge in [0, 0.05) is 31.6 Å². The molecule has 3 saturated carbocycles. The van der Waals surface area contributed by atoms with Crippen LogP contribution in [0.4, 0.5) is 0 Å². The molecule has 0 aromatic carbocycles. The Kier molecular flexibility index (Phi) is 4.75. The van der Waals surface area contributed by atoms with Crippen molar-refractivity contribution in [1.29, 1.82) is 0 Å². The summed E-state index contributed by atoms with van der Waals surface area (Å²) in [6, 6.07) is 0. The first-order valence-corrected chi connectivity index (χ1v) is 11.1. The summed E-state index contributed by atoms with van der Waals surface area (Å²) < 4.78 is 11.3. The van der Waals surface area contributed by atoms with Crippen molar-refractivity contribution in [2.24, 2.45) is 28.6 Å². The van der Waals surface area contributed by atoms with Crippen LogP contribution in [0.2, 0.25) is 0 Å². The van der Waals surface area contributed by atoms with E-state index in [4.69, 9.17) is 9.47 Å². The zero-order chi connectivity index (χ0) is 21.2. The highest BCUT2D eigenvalue weighted by Crippen LogP contribution is 2.67. The summed E-state index contributed by atoms with van der Waals surface area (Å²) in [5, 5.41) is 0. The highest BCUT2D eigenvalue weighted by atomic mass is 16.6. The van der Waals surface area contributed by atoms with Gasteiger partial charge >= 0.3 is 11.9 Å². The van der Waals surface area contributed by atoms with Crippen LogP contribution in [0, 0.1) is 28.6 Å². The summed E-state index contributed by atoms with van der Waals surface area (Å²) in [4.78, 5) is 36.6. The van der Waals surface area contributed by atoms with Gasteiger partial charge in [0.15, 0.2) is 5.78 Å². The minimum absolute atomic E-state index is 0.00300. The molecule has 160 valence electrons. The molecule has 5 nitrogen and oxygen atoms in total. The molecule has 4 rings (SSSR count). The van der Waals surface area contributed by atoms with Crippen LogP contribution in [0.15, 0.2) is 11.6 Å². The maximum absolute atomic E-state index is 13.4. The van der Waals surface area contributed by atoms with Crippen molar-refractivity contribution >= 4 is 17.7 Å². The zero-order valence-electron chi connectivity index (χ0n) is 18.4. The molecule has 7 atom stereocenters. The fourth-order valence-electron chi connectivity index (χ4n) is 7.42. The lowest BCUT2D eigenvalue weighted by atomic mass is 9.46. The average molecular weight is 403 g/mol. The van der Waals surface area contributed by atoms with Crippen molar-refractivity contribution in [3.8, 4) is 0 Å². The van der Waals surface area contributed by atoms with Gasteiger partial charge in [-0.25, -0.2) is 0 Å². The monoisotopic (exact) mass is 402 g/mol. The van der Waals surface area contributed by atoms with Gasteiger partial charge in [-0.05, 0) is 68.8 Å². The summed E-state index contributed by atoms with van der Waals surface area (Å²) in [6.45, 7) is 9.55. The van der Waals surface area contributed by atoms with Gasteiger partial charge in [-0.1, -0.05) is 19.4 Å². The molecular formula is C24H34O5. The third-order valence-electron chi connectivity index (χ3n) is 9.13. The fraction of sp³-hybridized carbons (Fsp3) is 0.792. The van der Waals surface area contributed by atoms with Gasteiger partial charge in [0.2, 0.25) is 0 Å². The van der Waals surface area contributed by atoms with Crippen molar-refractivity contribution in [2.45, 2.75) is 91.3 Å². The first-order chi connectivity index (χ1) is 13.5. The second kappa shape index (κ2) is 6.68. The zero-order valence-corrected chi connectivity index (χ0v) is 18.4. The van der Waals surface area contributed by atoms with Crippen LogP contribution in [-0.4, -0.2) is 29.4 Å². The Hall–Kier alpha value is -1.65. The van der Waals surface area contributed by atoms with Crippen LogP contribution in [-0.2, 0) is 23.9 Å². The molecule has 0 amide bonds. The second-order valence-corrected chi connectivity index (χ2v) is 10.5. The number of hydrogen-bond donors (Lipinski definition) is 0. The van der Waals surface area contributed by atoms with Crippen LogP contribution in [0.5, 0.6) is 0 Å². The van der Waals surface area contributed by atoms with E-state index < -0.39 is 5.60 Å². The van der Waals surface area contributed by atoms with Crippen LogP contribution < -0.4 is 0 Å². The molecule has 0 saturated heterocycles. The highest BCUT2D eigenvalue weighted by molar-refractivity contribution is 5.94. The van der Waals surface area contributed by atoms with E-state index in [1.54, 1.807) is 0 Å². The molecule has 29 heavy (non-hydrogen) atoms. The van der Waals surface area contributed by atoms with E-state index in [9.17, 15) is 14.4 Å². The number of ether oxygens (including phenoxy) is 2. The Balaban J connectivity index is 1.65. The Labute approximate surface area is 173 Å². The molecule has 0 spiro atoms. The van der Waals surface area contributed by atoms with Gasteiger partial charge in [0.05, 0.1) is 0 Å². The SMILES string of the molecule is CC(=O)O[C@@H]1CC[C@]2(C)C(=CC(=O)[C@H]3[C@@H]4CC[C@](C)(OC(C)=O)[C@@]4(C)CC[C@@H]32)C1. The van der Waals surface area contributed by atoms with Crippen LogP contribution >= 0.6 is 0 Å². The molecule has 0 unspecified atom stereocenters. The predicted molar refractivity (Wildman–Crippen MR) is 108 cm³/mol. The van der Waals surface area contributed by atoms with Crippen LogP contribution in [0.1, 0.15) is 79.6 Å². The number of rotatable bonds is 2. The Morgan fingerprint density at radius 1 is 0.966 bits per heavy atom. The molecule has 0 bridgehead atoms. The summed E-state index contributed by atoms with van der Waals surface area (Å²) in [5.74, 6) is 0.330. The Morgan fingerprint density at radius 2 is 1.66 bits per heavy atom. The van der Waals surface area contributed by atoms with E-state index in [1.165, 1.54) is 19.4 Å². The van der Waals surface area contributed by atoms with Crippen molar-refractivity contribution in [3.63, 3.8) is 0 Å². The number of fused-ring (bicyclic) bond motifs is 5. The summed E-state index contributed by atoms with van der Waals surface area (Å²) in [5.41, 5.74) is 0.515. The number of allylic oxidation sites excluding steroid dienone is 1. The van der Waals surface area contributed by atoms with E-state index in [0.717, 1.165) is 38.5 Å². The van der Waals surface area contributed by atoms with Crippen LogP contribution in [0.25, 0.3) is 0 Å². The molecule has 5 heteroatoms. The molecule has 0 heterocycles. The number of ketones is 1. The van der Waals surface area contributed by atoms with Gasteiger partial charge in [-0.2, -0.15) is 0 Å². The minimum Gasteiger partial charge on any atom is -0.462 e. The smallest absolute Gasteiger partial charge is 0.303 e. The standard InChI is InChI=1S/C24H34O5/c1-14(25)28-17-6-9-22(3)16(12-17)13-20(27)21-18(22)7-10-23(4)19(21)8-11-24(23,5)29-15(2)26/h13,17-19,21H,6-12H2,1-5H3/t17-,18+,19+,21-,22-,23+,24+/m1/s1. The fourth-order valence-corrected chi connectivity index (χ4v) is 7.42. The number of carbonyl (C=O) groups excluding carboxylic acids is 3. The average Bonchev–Trinajstić information content (AvgIpc) is 2.86. The van der Waals surface area contributed by atoms with E-state index in [1.807, 2.05) is 6.08 Å². The van der Waals surface area contributed by atoms with Crippen molar-refractivity contribution < 1.29 is 23.9 Å². The van der Waals surface area contributed by atoms with Crippen molar-refractivity contribution in [2.75, 3.05) is 0 Å². The lowest BCUT2D eigenvalue weighted by molar-refractivity contribution is -0.177. The third-order valence-corrected chi connectivity index (χ3v) is 9.13. The molecule has 3 fully saturated rings. The molecule has 0 aliphatic heterocycles. The normalized spacial score (nSPS) is 46.1. The molecule has 0 radical (unpaired) electrons. The minimum atomic E-state index is -0.493. The van der Waals surface area contributed by atoms with Gasteiger partial charge in [-0.15, -0.1) is 0 Å². The summed E-state index contributed by atoms with van der Waals surface area (Å²) in [7, 11) is 0. The molecular weight excluding hydrogens is 368 g/mol. The van der Waals surface area contributed by atoms with Gasteiger partial charge in [0.25, 0.3) is 0 Å². The molecule has 4 aliphatic rings. The second-order valence-electron chi connectivity index (χ2n) is 10.5. The first-order valence-electron chi connectivity index (χ1n) is 11.1. The largest absolute Gasteiger partial charge is 0.462 e. The predicted octanol–water partition coefficient (Wildman–Crippen LogP) is 4.38. The Morgan fingerprint density at radius 3 is 2.31 bits per heavy atom. The highest BCUT2D eigenvalue weighted by Gasteiger charge is 2.65. The van der Waals surface area contributed by atoms with Crippen molar-refractivity contribution in [3.05, 3.63) is 11.6 Å². The first kappa shape index (κ1) is 20.6. The van der Waals surface area contributed by atoms with Gasteiger partial charge in [-0.3, -0.25) is 14.4 Å². The quantitative estimate of drug-likeness (QED) is 0.641. The maximum atomic E-state index is 13.4. The van der Waals surface area contributed by atoms with Gasteiger partial charge < -0.3 is 9.47 Å². The van der Waals surface area contributed by atoms with Gasteiger partial charge in [0.1, 0.15) is 11.7 Å². The lowest BCUT2D eigenvalue weighted by Crippen LogP contribution is -2.57. The third kappa shape index (κ3) is 2.98. The van der Waals surface area contributed by atoms with E-state index in [0.29, 0.717) is 12.3 Å². The number of carbonyl (C=O) groups is 3. The maximum Gasteiger partial charge on any atom is 0.303 e. The molecule has 0 N–H and O–H groups in total. The van der Waals surface area contributed by atoms with Crippen LogP contribution in [0.3, 0.4) is 0 Å².